The van der Waals surface area contributed by atoms with Gasteiger partial charge in [0.15, 0.2) is 11.9 Å². The molecule has 0 radical (unpaired) electrons. The average Bonchev–Trinajstić information content (AvgIpc) is 3.20. The van der Waals surface area contributed by atoms with Gasteiger partial charge in [-0.2, -0.15) is 8.42 Å². The van der Waals surface area contributed by atoms with Crippen LogP contribution in [0, 0.1) is 13.8 Å². The molecule has 0 amide bonds. The Morgan fingerprint density at radius 2 is 1.21 bits per heavy atom. The highest BCUT2D eigenvalue weighted by atomic mass is 32.2. The van der Waals surface area contributed by atoms with Gasteiger partial charge in [0.25, 0.3) is 10.1 Å². The zero-order chi connectivity index (χ0) is 34.8. The van der Waals surface area contributed by atoms with Crippen molar-refractivity contribution in [1.29, 1.82) is 0 Å². The Balaban J connectivity index is 1.99. The zero-order valence-corrected chi connectivity index (χ0v) is 26.1. The van der Waals surface area contributed by atoms with Gasteiger partial charge < -0.3 is 35.7 Å². The van der Waals surface area contributed by atoms with Gasteiger partial charge in [-0.3, -0.25) is 24.2 Å². The Morgan fingerprint density at radius 1 is 0.766 bits per heavy atom. The molecule has 0 bridgehead atoms. The third kappa shape index (κ3) is 7.54. The van der Waals surface area contributed by atoms with Crippen molar-refractivity contribution in [3.8, 4) is 11.5 Å². The van der Waals surface area contributed by atoms with Crippen molar-refractivity contribution in [2.24, 2.45) is 0 Å². The van der Waals surface area contributed by atoms with Crippen molar-refractivity contribution in [1.82, 2.24) is 9.80 Å². The lowest BCUT2D eigenvalue weighted by Gasteiger charge is -2.32. The normalized spacial score (nSPS) is 16.9. The fourth-order valence-electron chi connectivity index (χ4n) is 5.80. The molecule has 4 rings (SSSR count). The molecule has 0 aromatic heterocycles. The fraction of sp³-hybridized carbons (Fsp3) is 0.323. The van der Waals surface area contributed by atoms with E-state index in [2.05, 4.69) is 0 Å². The fourth-order valence-corrected chi connectivity index (χ4v) is 7.22. The number of rotatable bonds is 14. The molecule has 0 aliphatic carbocycles. The number of aryl methyl sites for hydroxylation is 2. The van der Waals surface area contributed by atoms with Crippen LogP contribution in [0.2, 0.25) is 0 Å². The summed E-state index contributed by atoms with van der Waals surface area (Å²) in [7, 11) is -4.44. The number of carboxylic acids is 3. The Morgan fingerprint density at radius 3 is 1.68 bits per heavy atom. The summed E-state index contributed by atoms with van der Waals surface area (Å²) in [5, 5.41) is 69.1. The summed E-state index contributed by atoms with van der Waals surface area (Å²) < 4.78 is 33.0. The number of aliphatic hydroxyl groups is 2. The number of hydrogen-bond acceptors (Lipinski definition) is 12. The van der Waals surface area contributed by atoms with Crippen LogP contribution < -0.4 is 0 Å². The lowest BCUT2D eigenvalue weighted by Crippen LogP contribution is -2.36. The smallest absolute Gasteiger partial charge is 0.317 e. The molecule has 15 nitrogen and oxygen atoms in total. The summed E-state index contributed by atoms with van der Waals surface area (Å²) in [5.74, 6) is -4.45. The Hall–Kier alpha value is -4.58. The van der Waals surface area contributed by atoms with E-state index in [4.69, 9.17) is 4.18 Å². The summed E-state index contributed by atoms with van der Waals surface area (Å²) in [6.45, 7) is -0.0716. The van der Waals surface area contributed by atoms with Crippen LogP contribution in [-0.4, -0.2) is 104 Å². The van der Waals surface area contributed by atoms with E-state index in [1.807, 2.05) is 0 Å². The molecule has 0 saturated carbocycles. The number of nitrogens with zero attached hydrogens (tertiary/aromatic N) is 2. The first-order valence-electron chi connectivity index (χ1n) is 14.1. The second-order valence-electron chi connectivity index (χ2n) is 11.3. The first-order valence-corrected chi connectivity index (χ1v) is 15.5. The number of benzene rings is 3. The van der Waals surface area contributed by atoms with Gasteiger partial charge in [-0.15, -0.1) is 0 Å². The number of phenolic OH excluding ortho intramolecular Hbond substituents is 2. The highest BCUT2D eigenvalue weighted by molar-refractivity contribution is 7.87. The van der Waals surface area contributed by atoms with E-state index in [9.17, 15) is 58.5 Å². The van der Waals surface area contributed by atoms with E-state index < -0.39 is 66.1 Å². The number of carbonyl (C=O) groups is 3. The minimum absolute atomic E-state index is 0.0764. The number of carboxylic acid groups (broad SMARTS) is 3. The van der Waals surface area contributed by atoms with Crippen molar-refractivity contribution in [3.05, 3.63) is 87.5 Å². The van der Waals surface area contributed by atoms with Crippen LogP contribution in [0.3, 0.4) is 0 Å². The van der Waals surface area contributed by atoms with Gasteiger partial charge >= 0.3 is 17.9 Å². The molecule has 3 aromatic carbocycles. The van der Waals surface area contributed by atoms with Crippen molar-refractivity contribution in [3.63, 3.8) is 0 Å². The minimum Gasteiger partial charge on any atom is -0.507 e. The maximum Gasteiger partial charge on any atom is 0.317 e. The van der Waals surface area contributed by atoms with E-state index >= 15 is 0 Å². The molecule has 0 spiro atoms. The Kier molecular flexibility index (Phi) is 10.2. The monoisotopic (exact) mass is 674 g/mol. The standard InChI is InChI=1S/C31H34N2O13S/c1-17-7-21(9-19(29(17)42)11-32(13-25(34)35)14-26(36)37)31(23-5-3-4-6-24(23)47(44,45)46-31)22-8-18(2)30(43)20(10-22)12-33(15-27(38)39)16-28(40)41/h3-10,25,34-35,42-43H,11-16H2,1-2H3,(H,36,37)(H,38,39)(H,40,41). The highest BCUT2D eigenvalue weighted by Gasteiger charge is 2.52. The van der Waals surface area contributed by atoms with Crippen molar-refractivity contribution in [2.75, 3.05) is 26.2 Å². The maximum atomic E-state index is 13.5. The van der Waals surface area contributed by atoms with E-state index in [-0.39, 0.29) is 68.4 Å². The molecular weight excluding hydrogens is 640 g/mol. The van der Waals surface area contributed by atoms with Gasteiger partial charge in [-0.1, -0.05) is 18.2 Å². The van der Waals surface area contributed by atoms with Crippen molar-refractivity contribution in [2.45, 2.75) is 43.7 Å². The molecule has 1 unspecified atom stereocenters. The maximum absolute atomic E-state index is 13.5. The largest absolute Gasteiger partial charge is 0.507 e. The number of phenols is 2. The molecule has 1 aliphatic heterocycles. The van der Waals surface area contributed by atoms with Gasteiger partial charge in [-0.05, 0) is 66.4 Å². The Labute approximate surface area is 269 Å². The first kappa shape index (κ1) is 35.3. The average molecular weight is 675 g/mol. The molecule has 1 aliphatic rings. The second-order valence-corrected chi connectivity index (χ2v) is 12.8. The first-order chi connectivity index (χ1) is 21.9. The summed E-state index contributed by atoms with van der Waals surface area (Å²) >= 11 is 0. The number of aliphatic hydroxyl groups excluding tert-OH is 1. The summed E-state index contributed by atoms with van der Waals surface area (Å²) in [4.78, 5) is 36.5. The lowest BCUT2D eigenvalue weighted by molar-refractivity contribution is -0.142. The topological polar surface area (TPSA) is 243 Å². The Bertz CT molecular complexity index is 1810. The molecule has 1 heterocycles. The van der Waals surface area contributed by atoms with Gasteiger partial charge in [-0.25, -0.2) is 4.18 Å². The van der Waals surface area contributed by atoms with Crippen LogP contribution in [0.1, 0.15) is 38.9 Å². The van der Waals surface area contributed by atoms with Gasteiger partial charge in [0.05, 0.1) is 26.2 Å². The molecular formula is C31H34N2O13S. The van der Waals surface area contributed by atoms with Crippen LogP contribution in [0.25, 0.3) is 0 Å². The molecule has 3 aromatic rings. The van der Waals surface area contributed by atoms with E-state index in [1.54, 1.807) is 6.07 Å². The predicted octanol–water partition coefficient (Wildman–Crippen LogP) is 0.894. The van der Waals surface area contributed by atoms with E-state index in [1.165, 1.54) is 56.3 Å². The number of aliphatic carboxylic acids is 3. The van der Waals surface area contributed by atoms with Crippen LogP contribution >= 0.6 is 0 Å². The quantitative estimate of drug-likeness (QED) is 0.0928. The van der Waals surface area contributed by atoms with Crippen LogP contribution in [0.5, 0.6) is 11.5 Å². The summed E-state index contributed by atoms with van der Waals surface area (Å²) in [5.41, 5.74) is -0.822. The predicted molar refractivity (Wildman–Crippen MR) is 162 cm³/mol. The third-order valence-corrected chi connectivity index (χ3v) is 8.99. The molecule has 7 N–H and O–H groups in total. The van der Waals surface area contributed by atoms with E-state index in [0.29, 0.717) is 0 Å². The van der Waals surface area contributed by atoms with Gasteiger partial charge in [0.2, 0.25) is 0 Å². The van der Waals surface area contributed by atoms with E-state index in [0.717, 1.165) is 9.80 Å². The number of hydrogen-bond donors (Lipinski definition) is 7. The second kappa shape index (κ2) is 13.6. The van der Waals surface area contributed by atoms with Crippen LogP contribution in [-0.2, 0) is 47.4 Å². The summed E-state index contributed by atoms with van der Waals surface area (Å²) in [6, 6.07) is 11.7. The SMILES string of the molecule is Cc1cc(C2(c3cc(C)c(O)c(CN(CC(=O)O)CC(O)O)c3)OS(=O)(=O)c3ccccc32)cc(CN(CC(=O)O)CC(=O)O)c1O. The minimum atomic E-state index is -4.44. The molecule has 1 atom stereocenters. The van der Waals surface area contributed by atoms with Gasteiger partial charge in [0.1, 0.15) is 16.4 Å². The lowest BCUT2D eigenvalue weighted by atomic mass is 9.78. The number of fused-ring (bicyclic) bond motifs is 1. The van der Waals surface area contributed by atoms with Crippen LogP contribution in [0.4, 0.5) is 0 Å². The molecule has 0 fully saturated rings. The summed E-state index contributed by atoms with van der Waals surface area (Å²) in [6.07, 6.45) is -1.90. The third-order valence-electron chi connectivity index (χ3n) is 7.63. The highest BCUT2D eigenvalue weighted by Crippen LogP contribution is 2.52. The zero-order valence-electron chi connectivity index (χ0n) is 25.3. The van der Waals surface area contributed by atoms with Crippen molar-refractivity contribution < 1.29 is 62.7 Å². The number of aromatic hydroxyl groups is 2. The molecule has 16 heteroatoms. The van der Waals surface area contributed by atoms with Gasteiger partial charge in [0, 0.05) is 29.8 Å². The molecule has 47 heavy (non-hydrogen) atoms. The van der Waals surface area contributed by atoms with Crippen LogP contribution in [0.15, 0.2) is 53.4 Å². The molecule has 0 saturated heterocycles. The molecule has 252 valence electrons. The van der Waals surface area contributed by atoms with Crippen molar-refractivity contribution >= 4 is 28.0 Å².